The van der Waals surface area contributed by atoms with Crippen LogP contribution in [0.1, 0.15) is 25.0 Å². The minimum Gasteiger partial charge on any atom is -0.376 e. The number of ether oxygens (including phenoxy) is 5. The van der Waals surface area contributed by atoms with Crippen LogP contribution in [0.2, 0.25) is 0 Å². The van der Waals surface area contributed by atoms with E-state index in [1.165, 1.54) is 14.2 Å². The molecular weight excluding hydrogens is 459 g/mol. The molecule has 2 saturated heterocycles. The fourth-order valence-corrected chi connectivity index (χ4v) is 5.93. The third-order valence-electron chi connectivity index (χ3n) is 6.01. The van der Waals surface area contributed by atoms with Crippen molar-refractivity contribution in [3.8, 4) is 0 Å². The van der Waals surface area contributed by atoms with Crippen molar-refractivity contribution in [2.45, 2.75) is 63.1 Å². The van der Waals surface area contributed by atoms with E-state index in [4.69, 9.17) is 32.7 Å². The molecule has 0 aromatic heterocycles. The molecule has 0 spiro atoms. The van der Waals surface area contributed by atoms with Gasteiger partial charge in [0.1, 0.15) is 24.0 Å². The highest BCUT2D eigenvalue weighted by Gasteiger charge is 2.60. The van der Waals surface area contributed by atoms with E-state index in [-0.39, 0.29) is 6.61 Å². The van der Waals surface area contributed by atoms with Crippen molar-refractivity contribution >= 4 is 7.60 Å². The van der Waals surface area contributed by atoms with E-state index in [1.54, 1.807) is 0 Å². The Labute approximate surface area is 200 Å². The smallest absolute Gasteiger partial charge is 0.338 e. The molecule has 4 rings (SSSR count). The predicted molar refractivity (Wildman–Crippen MR) is 125 cm³/mol. The zero-order valence-electron chi connectivity index (χ0n) is 20.0. The third-order valence-corrected chi connectivity index (χ3v) is 8.28. The van der Waals surface area contributed by atoms with Crippen LogP contribution in [0.5, 0.6) is 0 Å². The van der Waals surface area contributed by atoms with Gasteiger partial charge in [-0.3, -0.25) is 4.57 Å². The lowest BCUT2D eigenvalue weighted by atomic mass is 10.1. The van der Waals surface area contributed by atoms with Crippen molar-refractivity contribution in [2.24, 2.45) is 0 Å². The molecule has 0 unspecified atom stereocenters. The van der Waals surface area contributed by atoms with Gasteiger partial charge >= 0.3 is 7.60 Å². The molecule has 2 aromatic carbocycles. The minimum absolute atomic E-state index is 0.0759. The van der Waals surface area contributed by atoms with Crippen molar-refractivity contribution < 1.29 is 37.3 Å². The van der Waals surface area contributed by atoms with Crippen LogP contribution in [0.4, 0.5) is 0 Å². The van der Waals surface area contributed by atoms with E-state index in [9.17, 15) is 4.57 Å². The third kappa shape index (κ3) is 5.78. The Hall–Kier alpha value is -1.61. The van der Waals surface area contributed by atoms with Crippen LogP contribution in [0.15, 0.2) is 60.7 Å². The molecule has 2 heterocycles. The average Bonchev–Trinajstić information content (AvgIpc) is 3.32. The summed E-state index contributed by atoms with van der Waals surface area (Å²) >= 11 is 0. The van der Waals surface area contributed by atoms with E-state index in [1.807, 2.05) is 74.5 Å². The zero-order chi connectivity index (χ0) is 24.2. The normalized spacial score (nSPS) is 26.9. The Morgan fingerprint density at radius 3 is 2.09 bits per heavy atom. The maximum absolute atomic E-state index is 13.6. The molecule has 2 aliphatic heterocycles. The summed E-state index contributed by atoms with van der Waals surface area (Å²) in [6.45, 7) is 4.41. The van der Waals surface area contributed by atoms with Crippen molar-refractivity contribution in [1.82, 2.24) is 0 Å². The van der Waals surface area contributed by atoms with Gasteiger partial charge in [0.25, 0.3) is 0 Å². The van der Waals surface area contributed by atoms with Crippen molar-refractivity contribution in [3.05, 3.63) is 71.8 Å². The van der Waals surface area contributed by atoms with Gasteiger partial charge in [0.2, 0.25) is 0 Å². The topological polar surface area (TPSA) is 81.7 Å². The summed E-state index contributed by atoms with van der Waals surface area (Å²) in [6.07, 6.45) is -2.44. The monoisotopic (exact) mass is 492 g/mol. The molecule has 9 heteroatoms. The van der Waals surface area contributed by atoms with Gasteiger partial charge in [-0.15, -0.1) is 0 Å². The highest BCUT2D eigenvalue weighted by Crippen LogP contribution is 2.56. The van der Waals surface area contributed by atoms with Crippen LogP contribution >= 0.6 is 7.60 Å². The Morgan fingerprint density at radius 2 is 1.50 bits per heavy atom. The molecule has 2 aromatic rings. The molecule has 0 amide bonds. The van der Waals surface area contributed by atoms with Gasteiger partial charge in [-0.1, -0.05) is 60.7 Å². The summed E-state index contributed by atoms with van der Waals surface area (Å²) in [5.41, 5.74) is 1.25. The molecule has 0 radical (unpaired) electrons. The molecule has 0 aliphatic carbocycles. The lowest BCUT2D eigenvalue weighted by Gasteiger charge is -2.33. The highest BCUT2D eigenvalue weighted by atomic mass is 31.2. The Kier molecular flexibility index (Phi) is 8.23. The fraction of sp³-hybridized carbons (Fsp3) is 0.520. The molecule has 0 N–H and O–H groups in total. The molecule has 2 aliphatic rings. The van der Waals surface area contributed by atoms with E-state index in [0.29, 0.717) is 13.2 Å². The summed E-state index contributed by atoms with van der Waals surface area (Å²) in [4.78, 5) is 0. The van der Waals surface area contributed by atoms with Crippen molar-refractivity contribution in [3.63, 3.8) is 0 Å². The summed E-state index contributed by atoms with van der Waals surface area (Å²) in [7, 11) is -0.885. The van der Waals surface area contributed by atoms with Gasteiger partial charge in [0, 0.05) is 14.2 Å². The van der Waals surface area contributed by atoms with Crippen LogP contribution in [-0.2, 0) is 50.5 Å². The van der Waals surface area contributed by atoms with E-state index < -0.39 is 43.6 Å². The zero-order valence-corrected chi connectivity index (χ0v) is 20.9. The number of rotatable bonds is 11. The van der Waals surface area contributed by atoms with Crippen LogP contribution in [0.25, 0.3) is 0 Å². The Balaban J connectivity index is 1.55. The number of hydrogen-bond acceptors (Lipinski definition) is 8. The van der Waals surface area contributed by atoms with E-state index in [2.05, 4.69) is 0 Å². The fourth-order valence-electron chi connectivity index (χ4n) is 4.35. The lowest BCUT2D eigenvalue weighted by molar-refractivity contribution is -0.220. The van der Waals surface area contributed by atoms with Crippen molar-refractivity contribution in [1.29, 1.82) is 0 Å². The van der Waals surface area contributed by atoms with Gasteiger partial charge in [-0.2, -0.15) is 0 Å². The largest absolute Gasteiger partial charge is 0.376 e. The first-order chi connectivity index (χ1) is 16.3. The molecule has 5 atom stereocenters. The summed E-state index contributed by atoms with van der Waals surface area (Å²) in [6, 6.07) is 19.6. The minimum atomic E-state index is -3.61. The molecule has 2 fully saturated rings. The first-order valence-electron chi connectivity index (χ1n) is 11.3. The van der Waals surface area contributed by atoms with Gasteiger partial charge < -0.3 is 32.7 Å². The molecule has 8 nitrogen and oxygen atoms in total. The van der Waals surface area contributed by atoms with Crippen LogP contribution in [0, 0.1) is 0 Å². The first-order valence-corrected chi connectivity index (χ1v) is 13.0. The maximum atomic E-state index is 13.6. The second kappa shape index (κ2) is 11.0. The quantitative estimate of drug-likeness (QED) is 0.424. The van der Waals surface area contributed by atoms with Crippen molar-refractivity contribution in [2.75, 3.05) is 20.8 Å². The lowest BCUT2D eigenvalue weighted by Crippen LogP contribution is -2.44. The van der Waals surface area contributed by atoms with Gasteiger partial charge in [0.15, 0.2) is 12.1 Å². The van der Waals surface area contributed by atoms with Crippen LogP contribution < -0.4 is 0 Å². The number of benzene rings is 2. The maximum Gasteiger partial charge on any atom is 0.338 e. The Morgan fingerprint density at radius 1 is 0.912 bits per heavy atom. The van der Waals surface area contributed by atoms with E-state index >= 15 is 0 Å². The molecule has 34 heavy (non-hydrogen) atoms. The molecule has 186 valence electrons. The number of fused-ring (bicyclic) bond motifs is 1. The average molecular weight is 493 g/mol. The molecular formula is C25H33O8P. The second-order valence-electron chi connectivity index (χ2n) is 8.80. The SMILES string of the molecule is COP(=O)(OC)[C@@H](COCc1ccccc1)[C@H]1O[C@H]2OC(C)(C)O[C@H]2[C@@H]1OCc1ccccc1. The van der Waals surface area contributed by atoms with Gasteiger partial charge in [-0.05, 0) is 25.0 Å². The Bertz CT molecular complexity index is 946. The predicted octanol–water partition coefficient (Wildman–Crippen LogP) is 4.52. The second-order valence-corrected chi connectivity index (χ2v) is 11.3. The van der Waals surface area contributed by atoms with Gasteiger partial charge in [0.05, 0.1) is 19.8 Å². The summed E-state index contributed by atoms with van der Waals surface area (Å²) < 4.78 is 55.0. The van der Waals surface area contributed by atoms with Crippen LogP contribution in [-0.4, -0.2) is 56.9 Å². The van der Waals surface area contributed by atoms with Crippen LogP contribution in [0.3, 0.4) is 0 Å². The number of hydrogen-bond donors (Lipinski definition) is 0. The summed E-state index contributed by atoms with van der Waals surface area (Å²) in [5, 5.41) is 0. The first kappa shape index (κ1) is 25.5. The molecule has 0 bridgehead atoms. The molecule has 0 saturated carbocycles. The summed E-state index contributed by atoms with van der Waals surface area (Å²) in [5.74, 6) is -0.819. The van der Waals surface area contributed by atoms with Gasteiger partial charge in [-0.25, -0.2) is 0 Å². The van der Waals surface area contributed by atoms with E-state index in [0.717, 1.165) is 11.1 Å². The highest BCUT2D eigenvalue weighted by molar-refractivity contribution is 7.54. The standard InChI is InChI=1S/C25H33O8P/c1-25(2)32-23-22(30-16-19-13-9-6-10-14-19)21(31-24(23)33-25)20(34(26,27-3)28-4)17-29-15-18-11-7-5-8-12-18/h5-14,20-24H,15-17H2,1-4H3/t20-,21+,22+,23-,24-/m0/s1.